The van der Waals surface area contributed by atoms with Gasteiger partial charge in [-0.3, -0.25) is 4.79 Å². The predicted octanol–water partition coefficient (Wildman–Crippen LogP) is 2.96. The van der Waals surface area contributed by atoms with Crippen LogP contribution < -0.4 is 5.32 Å². The number of amides is 1. The van der Waals surface area contributed by atoms with Crippen molar-refractivity contribution in [1.82, 2.24) is 5.32 Å². The summed E-state index contributed by atoms with van der Waals surface area (Å²) < 4.78 is 13.2. The molecule has 4 nitrogen and oxygen atoms in total. The average Bonchev–Trinajstić information content (AvgIpc) is 2.32. The number of carbonyl (C=O) groups is 2. The lowest BCUT2D eigenvalue weighted by atomic mass is 9.96. The fourth-order valence-corrected chi connectivity index (χ4v) is 2.06. The minimum absolute atomic E-state index is 0.160. The number of aliphatic carboxylic acids is 1. The molecular formula is C13H15BrFNO3. The standard InChI is InChI=1S/C13H15BrFNO3/c1-3-6-13(2,12(18)19)16-11(17)8-4-5-10(15)9(14)7-8/h4-5,7H,3,6H2,1-2H3,(H,16,17)(H,18,19). The summed E-state index contributed by atoms with van der Waals surface area (Å²) in [6.07, 6.45) is 0.937. The number of hydrogen-bond acceptors (Lipinski definition) is 2. The molecule has 19 heavy (non-hydrogen) atoms. The van der Waals surface area contributed by atoms with E-state index in [1.54, 1.807) is 0 Å². The number of rotatable bonds is 5. The highest BCUT2D eigenvalue weighted by molar-refractivity contribution is 9.10. The second-order valence-corrected chi connectivity index (χ2v) is 5.32. The first-order chi connectivity index (χ1) is 8.80. The molecule has 0 heterocycles. The number of carboxylic acid groups (broad SMARTS) is 1. The maximum Gasteiger partial charge on any atom is 0.329 e. The molecule has 0 radical (unpaired) electrons. The molecule has 0 aromatic heterocycles. The highest BCUT2D eigenvalue weighted by Crippen LogP contribution is 2.18. The van der Waals surface area contributed by atoms with Gasteiger partial charge in [0.2, 0.25) is 0 Å². The summed E-state index contributed by atoms with van der Waals surface area (Å²) in [7, 11) is 0. The van der Waals surface area contributed by atoms with Gasteiger partial charge in [0.05, 0.1) is 4.47 Å². The summed E-state index contributed by atoms with van der Waals surface area (Å²) in [5.74, 6) is -2.12. The Morgan fingerprint density at radius 3 is 2.58 bits per heavy atom. The van der Waals surface area contributed by atoms with Crippen molar-refractivity contribution in [2.45, 2.75) is 32.2 Å². The molecule has 0 saturated carbocycles. The lowest BCUT2D eigenvalue weighted by Gasteiger charge is -2.25. The zero-order valence-corrected chi connectivity index (χ0v) is 12.3. The van der Waals surface area contributed by atoms with Crippen molar-refractivity contribution in [3.63, 3.8) is 0 Å². The maximum atomic E-state index is 13.1. The average molecular weight is 332 g/mol. The van der Waals surface area contributed by atoms with E-state index in [0.717, 1.165) is 6.07 Å². The number of hydrogen-bond donors (Lipinski definition) is 2. The van der Waals surface area contributed by atoms with Gasteiger partial charge >= 0.3 is 5.97 Å². The summed E-state index contributed by atoms with van der Waals surface area (Å²) in [6, 6.07) is 3.78. The number of halogens is 2. The predicted molar refractivity (Wildman–Crippen MR) is 72.5 cm³/mol. The molecule has 0 aliphatic carbocycles. The highest BCUT2D eigenvalue weighted by atomic mass is 79.9. The first-order valence-corrected chi connectivity index (χ1v) is 6.60. The van der Waals surface area contributed by atoms with Crippen molar-refractivity contribution < 1.29 is 19.1 Å². The minimum Gasteiger partial charge on any atom is -0.480 e. The zero-order chi connectivity index (χ0) is 14.6. The molecule has 0 saturated heterocycles. The lowest BCUT2D eigenvalue weighted by Crippen LogP contribution is -2.52. The van der Waals surface area contributed by atoms with Gasteiger partial charge in [-0.1, -0.05) is 13.3 Å². The first kappa shape index (κ1) is 15.6. The molecule has 2 N–H and O–H groups in total. The fraction of sp³-hybridized carbons (Fsp3) is 0.385. The SMILES string of the molecule is CCCC(C)(NC(=O)c1ccc(F)c(Br)c1)C(=O)O. The quantitative estimate of drug-likeness (QED) is 0.871. The number of benzene rings is 1. The molecule has 1 rings (SSSR count). The summed E-state index contributed by atoms with van der Waals surface area (Å²) in [5, 5.41) is 11.6. The Balaban J connectivity index is 2.94. The number of carboxylic acids is 1. The highest BCUT2D eigenvalue weighted by Gasteiger charge is 2.34. The Hall–Kier alpha value is -1.43. The van der Waals surface area contributed by atoms with Crippen LogP contribution in [0.4, 0.5) is 4.39 Å². The second kappa shape index (κ2) is 6.14. The third kappa shape index (κ3) is 3.76. The summed E-state index contributed by atoms with van der Waals surface area (Å²) in [4.78, 5) is 23.2. The molecule has 1 unspecified atom stereocenters. The summed E-state index contributed by atoms with van der Waals surface area (Å²) in [6.45, 7) is 3.29. The van der Waals surface area contributed by atoms with Gasteiger partial charge in [0.25, 0.3) is 5.91 Å². The Labute approximate surface area is 119 Å². The second-order valence-electron chi connectivity index (χ2n) is 4.47. The van der Waals surface area contributed by atoms with Crippen molar-refractivity contribution in [1.29, 1.82) is 0 Å². The zero-order valence-electron chi connectivity index (χ0n) is 10.7. The van der Waals surface area contributed by atoms with Gasteiger partial charge in [0.15, 0.2) is 0 Å². The van der Waals surface area contributed by atoms with Crippen LogP contribution in [0.1, 0.15) is 37.0 Å². The molecule has 0 fully saturated rings. The van der Waals surface area contributed by atoms with Gasteiger partial charge in [0, 0.05) is 5.56 Å². The van der Waals surface area contributed by atoms with Crippen LogP contribution in [-0.2, 0) is 4.79 Å². The van der Waals surface area contributed by atoms with Crippen LogP contribution in [0.5, 0.6) is 0 Å². The number of carbonyl (C=O) groups excluding carboxylic acids is 1. The van der Waals surface area contributed by atoms with E-state index in [9.17, 15) is 19.1 Å². The normalized spacial score (nSPS) is 13.7. The van der Waals surface area contributed by atoms with Gasteiger partial charge in [0.1, 0.15) is 11.4 Å². The van der Waals surface area contributed by atoms with E-state index in [1.807, 2.05) is 6.92 Å². The third-order valence-electron chi connectivity index (χ3n) is 2.79. The molecular weight excluding hydrogens is 317 g/mol. The Morgan fingerprint density at radius 1 is 1.47 bits per heavy atom. The Kier molecular flexibility index (Phi) is 5.05. The van der Waals surface area contributed by atoms with E-state index >= 15 is 0 Å². The molecule has 0 spiro atoms. The van der Waals surface area contributed by atoms with E-state index in [2.05, 4.69) is 21.2 Å². The minimum atomic E-state index is -1.33. The van der Waals surface area contributed by atoms with Crippen LogP contribution in [0.15, 0.2) is 22.7 Å². The molecule has 0 aliphatic rings. The van der Waals surface area contributed by atoms with Crippen LogP contribution >= 0.6 is 15.9 Å². The lowest BCUT2D eigenvalue weighted by molar-refractivity contribution is -0.144. The van der Waals surface area contributed by atoms with Crippen molar-refractivity contribution in [2.24, 2.45) is 0 Å². The monoisotopic (exact) mass is 331 g/mol. The largest absolute Gasteiger partial charge is 0.480 e. The smallest absolute Gasteiger partial charge is 0.329 e. The van der Waals surface area contributed by atoms with Crippen molar-refractivity contribution >= 4 is 27.8 Å². The van der Waals surface area contributed by atoms with Crippen molar-refractivity contribution in [3.05, 3.63) is 34.1 Å². The van der Waals surface area contributed by atoms with E-state index in [4.69, 9.17) is 0 Å². The fourth-order valence-electron chi connectivity index (χ4n) is 1.68. The van der Waals surface area contributed by atoms with Gasteiger partial charge in [-0.25, -0.2) is 9.18 Å². The third-order valence-corrected chi connectivity index (χ3v) is 3.40. The molecule has 0 bridgehead atoms. The molecule has 6 heteroatoms. The van der Waals surface area contributed by atoms with Crippen LogP contribution in [-0.4, -0.2) is 22.5 Å². The molecule has 1 atom stereocenters. The molecule has 1 amide bonds. The van der Waals surface area contributed by atoms with Gasteiger partial charge < -0.3 is 10.4 Å². The van der Waals surface area contributed by atoms with Crippen LogP contribution in [0, 0.1) is 5.82 Å². The van der Waals surface area contributed by atoms with Gasteiger partial charge in [-0.15, -0.1) is 0 Å². The van der Waals surface area contributed by atoms with Crippen molar-refractivity contribution in [2.75, 3.05) is 0 Å². The van der Waals surface area contributed by atoms with Crippen LogP contribution in [0.2, 0.25) is 0 Å². The van der Waals surface area contributed by atoms with Crippen LogP contribution in [0.3, 0.4) is 0 Å². The van der Waals surface area contributed by atoms with Gasteiger partial charge in [-0.2, -0.15) is 0 Å². The Bertz CT molecular complexity index is 507. The van der Waals surface area contributed by atoms with Crippen molar-refractivity contribution in [3.8, 4) is 0 Å². The van der Waals surface area contributed by atoms with Gasteiger partial charge in [-0.05, 0) is 47.5 Å². The molecule has 0 aliphatic heterocycles. The Morgan fingerprint density at radius 2 is 2.11 bits per heavy atom. The molecule has 104 valence electrons. The maximum absolute atomic E-state index is 13.1. The summed E-state index contributed by atoms with van der Waals surface area (Å²) >= 11 is 2.98. The molecule has 1 aromatic carbocycles. The van der Waals surface area contributed by atoms with E-state index in [0.29, 0.717) is 12.8 Å². The summed E-state index contributed by atoms with van der Waals surface area (Å²) in [5.41, 5.74) is -1.12. The topological polar surface area (TPSA) is 66.4 Å². The van der Waals surface area contributed by atoms with Crippen LogP contribution in [0.25, 0.3) is 0 Å². The first-order valence-electron chi connectivity index (χ1n) is 5.81. The molecule has 1 aromatic rings. The van der Waals surface area contributed by atoms with E-state index in [-0.39, 0.29) is 10.0 Å². The number of nitrogens with one attached hydrogen (secondary N) is 1. The van der Waals surface area contributed by atoms with E-state index in [1.165, 1.54) is 19.1 Å². The van der Waals surface area contributed by atoms with E-state index < -0.39 is 23.2 Å².